The molecule has 0 radical (unpaired) electrons. The Labute approximate surface area is 194 Å². The second kappa shape index (κ2) is 7.39. The molecule has 3 atom stereocenters. The van der Waals surface area contributed by atoms with Crippen molar-refractivity contribution in [2.75, 3.05) is 27.7 Å². The summed E-state index contributed by atoms with van der Waals surface area (Å²) in [6.07, 6.45) is 5.78. The fourth-order valence-electron chi connectivity index (χ4n) is 5.37. The summed E-state index contributed by atoms with van der Waals surface area (Å²) in [4.78, 5) is 58.9. The molecule has 0 unspecified atom stereocenters. The van der Waals surface area contributed by atoms with Gasteiger partial charge in [0, 0.05) is 30.9 Å². The smallest absolute Gasteiger partial charge is 0.362 e. The molecule has 178 valence electrons. The summed E-state index contributed by atoms with van der Waals surface area (Å²) in [6.45, 7) is 0.399. The predicted octanol–water partition coefficient (Wildman–Crippen LogP) is 0.346. The number of likely N-dealkylation sites (N-methyl/N-ethyl adjacent to an activating group) is 1. The van der Waals surface area contributed by atoms with Gasteiger partial charge in [0.25, 0.3) is 0 Å². The van der Waals surface area contributed by atoms with E-state index < -0.39 is 41.6 Å². The highest BCUT2D eigenvalue weighted by molar-refractivity contribution is 6.52. The second-order valence-electron chi connectivity index (χ2n) is 10.0. The topological polar surface area (TPSA) is 146 Å². The van der Waals surface area contributed by atoms with E-state index in [4.69, 9.17) is 0 Å². The number of aliphatic carboxylic acids is 2. The van der Waals surface area contributed by atoms with Crippen molar-refractivity contribution in [2.45, 2.75) is 37.4 Å². The maximum Gasteiger partial charge on any atom is 0.362 e. The average molecular weight is 468 g/mol. The van der Waals surface area contributed by atoms with Crippen molar-refractivity contribution < 1.29 is 33.9 Å². The van der Waals surface area contributed by atoms with Crippen LogP contribution in [-0.2, 0) is 27.2 Å². The van der Waals surface area contributed by atoms with Gasteiger partial charge in [-0.2, -0.15) is 0 Å². The summed E-state index contributed by atoms with van der Waals surface area (Å²) >= 11 is 0. The van der Waals surface area contributed by atoms with Crippen LogP contribution in [0.3, 0.4) is 0 Å². The van der Waals surface area contributed by atoms with E-state index in [0.717, 1.165) is 0 Å². The van der Waals surface area contributed by atoms with Gasteiger partial charge in [-0.3, -0.25) is 9.59 Å². The van der Waals surface area contributed by atoms with Crippen molar-refractivity contribution in [1.29, 1.82) is 0 Å². The van der Waals surface area contributed by atoms with Crippen molar-refractivity contribution in [3.63, 3.8) is 0 Å². The third-order valence-electron chi connectivity index (χ3n) is 7.11. The van der Waals surface area contributed by atoms with Crippen LogP contribution in [0.5, 0.6) is 0 Å². The number of aromatic amines is 1. The molecule has 5 rings (SSSR count). The number of carboxylic acid groups (broad SMARTS) is 2. The number of aromatic nitrogens is 3. The van der Waals surface area contributed by atoms with Gasteiger partial charge in [-0.05, 0) is 12.0 Å². The first-order valence-electron chi connectivity index (χ1n) is 11.1. The fraction of sp³-hybridized carbons (Fsp3) is 0.435. The number of H-pyrrole nitrogens is 1. The standard InChI is InChI=1S/C23H25N5O6/c1-28(2,3)15(23(33)34)7-12-9-26(10-25-12)13-4-5-27-14(22(31)32)6-11-8-24-18-16(11)19(27)17(13)20(29)21(18)30/h8-10,13-15H,4-7H2,1-3H3,(H2-,24,29,30,31,32,33,34)/p+1/t13-,14+,15+/m1/s1. The molecular formula is C23H26N5O6+. The Morgan fingerprint density at radius 2 is 1.97 bits per heavy atom. The van der Waals surface area contributed by atoms with Crippen LogP contribution in [0.1, 0.15) is 39.8 Å². The normalized spacial score (nSPS) is 22.6. The lowest BCUT2D eigenvalue weighted by atomic mass is 9.78. The maximum absolute atomic E-state index is 13.3. The zero-order valence-corrected chi connectivity index (χ0v) is 19.1. The Kier molecular flexibility index (Phi) is 4.80. The SMILES string of the molecule is C[N+](C)(C)[C@@H](Cc1cn([C@@H]2CCN3C4=C2C(=O)C(=O)c2[nH]cc(c24)C[C@H]3C(=O)O)cn1)C(=O)O. The molecule has 0 bridgehead atoms. The minimum absolute atomic E-state index is 0.205. The van der Waals surface area contributed by atoms with Crippen LogP contribution in [0.4, 0.5) is 0 Å². The number of hydrogen-bond donors (Lipinski definition) is 3. The van der Waals surface area contributed by atoms with E-state index in [1.54, 1.807) is 49.3 Å². The molecule has 11 nitrogen and oxygen atoms in total. The second-order valence-corrected chi connectivity index (χ2v) is 10.0. The van der Waals surface area contributed by atoms with E-state index in [1.165, 1.54) is 0 Å². The molecule has 0 saturated carbocycles. The number of nitrogens with one attached hydrogen (secondary N) is 1. The van der Waals surface area contributed by atoms with Crippen LogP contribution in [0.2, 0.25) is 0 Å². The highest BCUT2D eigenvalue weighted by atomic mass is 16.4. The minimum Gasteiger partial charge on any atom is -0.480 e. The summed E-state index contributed by atoms with van der Waals surface area (Å²) in [5.41, 5.74) is 2.91. The molecule has 11 heteroatoms. The molecule has 2 aromatic rings. The number of carboxylic acids is 2. The molecule has 34 heavy (non-hydrogen) atoms. The highest BCUT2D eigenvalue weighted by Crippen LogP contribution is 2.47. The zero-order chi connectivity index (χ0) is 24.5. The van der Waals surface area contributed by atoms with Gasteiger partial charge >= 0.3 is 11.9 Å². The quantitative estimate of drug-likeness (QED) is 0.407. The Bertz CT molecular complexity index is 1280. The van der Waals surface area contributed by atoms with E-state index in [9.17, 15) is 29.4 Å². The summed E-state index contributed by atoms with van der Waals surface area (Å²) < 4.78 is 1.97. The number of carbonyl (C=O) groups is 4. The Balaban J connectivity index is 1.58. The lowest BCUT2D eigenvalue weighted by molar-refractivity contribution is -0.887. The first kappa shape index (κ1) is 22.1. The van der Waals surface area contributed by atoms with E-state index in [-0.39, 0.29) is 28.6 Å². The maximum atomic E-state index is 13.3. The van der Waals surface area contributed by atoms with Gasteiger partial charge in [-0.1, -0.05) is 0 Å². The first-order valence-corrected chi connectivity index (χ1v) is 11.1. The number of rotatable bonds is 6. The van der Waals surface area contributed by atoms with Gasteiger partial charge in [0.15, 0.2) is 6.04 Å². The number of nitrogens with zero attached hydrogens (tertiary/aromatic N) is 4. The van der Waals surface area contributed by atoms with E-state index in [1.807, 2.05) is 0 Å². The average Bonchev–Trinajstić information content (AvgIpc) is 3.40. The van der Waals surface area contributed by atoms with Crippen molar-refractivity contribution in [1.82, 2.24) is 19.4 Å². The number of carbonyl (C=O) groups excluding carboxylic acids is 2. The molecule has 3 aliphatic rings. The van der Waals surface area contributed by atoms with E-state index in [2.05, 4.69) is 9.97 Å². The number of hydrogen-bond acceptors (Lipinski definition) is 6. The molecule has 0 spiro atoms. The Hall–Kier alpha value is -3.73. The molecule has 0 saturated heterocycles. The number of imidazole rings is 1. The fourth-order valence-corrected chi connectivity index (χ4v) is 5.37. The van der Waals surface area contributed by atoms with Gasteiger partial charge in [-0.25, -0.2) is 14.6 Å². The number of Topliss-reactive ketones (excluding diaryl/α,β-unsaturated/α-hetero) is 2. The molecular weight excluding hydrogens is 442 g/mol. The van der Waals surface area contributed by atoms with Crippen LogP contribution in [0.25, 0.3) is 5.70 Å². The third kappa shape index (κ3) is 3.18. The number of allylic oxidation sites excluding steroid dienone is 1. The van der Waals surface area contributed by atoms with Crippen LogP contribution in [0.15, 0.2) is 24.3 Å². The molecule has 3 N–H and O–H groups in total. The van der Waals surface area contributed by atoms with Gasteiger partial charge < -0.3 is 29.1 Å². The third-order valence-corrected chi connectivity index (χ3v) is 7.11. The molecule has 2 aliphatic heterocycles. The van der Waals surface area contributed by atoms with Crippen molar-refractivity contribution in [3.8, 4) is 0 Å². The van der Waals surface area contributed by atoms with Crippen LogP contribution in [-0.4, -0.2) is 97.4 Å². The Morgan fingerprint density at radius 1 is 1.24 bits per heavy atom. The van der Waals surface area contributed by atoms with Crippen LogP contribution >= 0.6 is 0 Å². The summed E-state index contributed by atoms with van der Waals surface area (Å²) in [5.74, 6) is -3.19. The van der Waals surface area contributed by atoms with Gasteiger partial charge in [0.1, 0.15) is 11.7 Å². The number of ketones is 2. The lowest BCUT2D eigenvalue weighted by Gasteiger charge is -2.44. The zero-order valence-electron chi connectivity index (χ0n) is 19.1. The Morgan fingerprint density at radius 3 is 2.62 bits per heavy atom. The monoisotopic (exact) mass is 468 g/mol. The highest BCUT2D eigenvalue weighted by Gasteiger charge is 2.49. The summed E-state index contributed by atoms with van der Waals surface area (Å²) in [6, 6.07) is -2.02. The van der Waals surface area contributed by atoms with Crippen molar-refractivity contribution in [2.24, 2.45) is 0 Å². The summed E-state index contributed by atoms with van der Waals surface area (Å²) in [5, 5.41) is 19.5. The molecule has 1 aliphatic carbocycles. The van der Waals surface area contributed by atoms with Crippen molar-refractivity contribution in [3.05, 3.63) is 46.8 Å². The molecule has 2 aromatic heterocycles. The first-order chi connectivity index (χ1) is 16.0. The van der Waals surface area contributed by atoms with Crippen LogP contribution in [0, 0.1) is 0 Å². The van der Waals surface area contributed by atoms with E-state index in [0.29, 0.717) is 35.5 Å². The molecule has 0 amide bonds. The van der Waals surface area contributed by atoms with E-state index >= 15 is 0 Å². The summed E-state index contributed by atoms with van der Waals surface area (Å²) in [7, 11) is 5.41. The number of quaternary nitrogens is 1. The molecule has 4 heterocycles. The largest absolute Gasteiger partial charge is 0.480 e. The minimum atomic E-state index is -0.979. The molecule has 0 fully saturated rings. The molecule has 0 aromatic carbocycles. The lowest BCUT2D eigenvalue weighted by Crippen LogP contribution is -2.51. The van der Waals surface area contributed by atoms with Gasteiger partial charge in [0.2, 0.25) is 11.6 Å². The van der Waals surface area contributed by atoms with Gasteiger partial charge in [-0.15, -0.1) is 0 Å². The van der Waals surface area contributed by atoms with Gasteiger partial charge in [0.05, 0.1) is 56.9 Å². The van der Waals surface area contributed by atoms with Crippen LogP contribution < -0.4 is 0 Å². The predicted molar refractivity (Wildman–Crippen MR) is 118 cm³/mol. The van der Waals surface area contributed by atoms with Crippen molar-refractivity contribution >= 4 is 29.2 Å².